The van der Waals surface area contributed by atoms with Crippen molar-refractivity contribution in [3.8, 4) is 23.0 Å². The Kier molecular flexibility index (Phi) is 4.33. The highest BCUT2D eigenvalue weighted by Gasteiger charge is 2.36. The third-order valence-corrected chi connectivity index (χ3v) is 5.72. The summed E-state index contributed by atoms with van der Waals surface area (Å²) in [6.07, 6.45) is 0. The molecule has 0 unspecified atom stereocenters. The number of aromatic amines is 1. The van der Waals surface area contributed by atoms with Gasteiger partial charge in [0.1, 0.15) is 0 Å². The van der Waals surface area contributed by atoms with E-state index in [-0.39, 0.29) is 23.6 Å². The number of hydrogen-bond donors (Lipinski definition) is 1. The van der Waals surface area contributed by atoms with Crippen LogP contribution in [0.2, 0.25) is 0 Å². The number of H-pyrrole nitrogens is 1. The molecule has 144 valence electrons. The van der Waals surface area contributed by atoms with Gasteiger partial charge in [-0.15, -0.1) is 0 Å². The molecule has 0 aliphatic carbocycles. The number of nitrogens with zero attached hydrogens (tertiary/aromatic N) is 2. The fraction of sp³-hybridized carbons (Fsp3) is 0.444. The minimum atomic E-state index is -0.306. The van der Waals surface area contributed by atoms with Crippen LogP contribution in [0.3, 0.4) is 0 Å². The van der Waals surface area contributed by atoms with Crippen LogP contribution in [0.15, 0.2) is 15.9 Å². The molecule has 0 saturated carbocycles. The molecule has 3 heterocycles. The van der Waals surface area contributed by atoms with Crippen LogP contribution < -0.4 is 24.5 Å². The van der Waals surface area contributed by atoms with Gasteiger partial charge in [-0.25, -0.2) is 4.99 Å². The van der Waals surface area contributed by atoms with Crippen molar-refractivity contribution >= 4 is 22.6 Å². The first-order chi connectivity index (χ1) is 13.0. The Morgan fingerprint density at radius 1 is 1.30 bits per heavy atom. The van der Waals surface area contributed by atoms with Gasteiger partial charge in [-0.05, 0) is 26.8 Å². The Balaban J connectivity index is 1.96. The number of methoxy groups -OCH3 is 2. The summed E-state index contributed by atoms with van der Waals surface area (Å²) in [6, 6.07) is 1.92. The van der Waals surface area contributed by atoms with Crippen molar-refractivity contribution in [3.63, 3.8) is 0 Å². The van der Waals surface area contributed by atoms with E-state index in [1.807, 2.05) is 26.8 Å². The van der Waals surface area contributed by atoms with E-state index in [1.54, 1.807) is 18.9 Å². The molecule has 1 N–H and O–H groups in total. The number of rotatable bonds is 4. The lowest BCUT2D eigenvalue weighted by Gasteiger charge is -2.24. The summed E-state index contributed by atoms with van der Waals surface area (Å²) in [5.41, 5.74) is 1.22. The summed E-state index contributed by atoms with van der Waals surface area (Å²) >= 11 is 1.50. The second kappa shape index (κ2) is 6.56. The van der Waals surface area contributed by atoms with Crippen LogP contribution >= 0.6 is 11.8 Å². The lowest BCUT2D eigenvalue weighted by atomic mass is 10.0. The summed E-state index contributed by atoms with van der Waals surface area (Å²) in [7, 11) is 3.15. The molecule has 0 amide bonds. The summed E-state index contributed by atoms with van der Waals surface area (Å²) < 4.78 is 24.1. The number of aliphatic imine (C=N–C) groups is 1. The van der Waals surface area contributed by atoms with E-state index in [1.165, 1.54) is 11.8 Å². The van der Waals surface area contributed by atoms with Gasteiger partial charge in [-0.3, -0.25) is 14.6 Å². The average molecular weight is 391 g/mol. The van der Waals surface area contributed by atoms with E-state index in [9.17, 15) is 4.79 Å². The van der Waals surface area contributed by atoms with Gasteiger partial charge in [0.25, 0.3) is 5.56 Å². The van der Waals surface area contributed by atoms with Crippen molar-refractivity contribution in [1.82, 2.24) is 9.78 Å². The molecule has 8 nitrogen and oxygen atoms in total. The van der Waals surface area contributed by atoms with Crippen LogP contribution in [0.4, 0.5) is 5.82 Å². The molecule has 2 aromatic rings. The largest absolute Gasteiger partial charge is 0.493 e. The number of aromatic nitrogens is 2. The standard InChI is InChI=1S/C18H21N3O5S/c1-8(2)21-17-12(18(22)20-21)16(27-9(3)19-17)10-6-11(23-4)14-15(13(10)24-5)26-7-25-14/h6,8,16H,7H2,1-5H3,(H,20,22)/t16-/m0/s1. The van der Waals surface area contributed by atoms with Crippen molar-refractivity contribution < 1.29 is 18.9 Å². The molecule has 27 heavy (non-hydrogen) atoms. The van der Waals surface area contributed by atoms with E-state index in [0.29, 0.717) is 34.4 Å². The smallest absolute Gasteiger partial charge is 0.271 e. The van der Waals surface area contributed by atoms with Crippen LogP contribution in [0.5, 0.6) is 23.0 Å². The quantitative estimate of drug-likeness (QED) is 0.860. The summed E-state index contributed by atoms with van der Waals surface area (Å²) in [4.78, 5) is 17.4. The zero-order chi connectivity index (χ0) is 19.3. The predicted octanol–water partition coefficient (Wildman–Crippen LogP) is 3.39. The molecule has 9 heteroatoms. The van der Waals surface area contributed by atoms with E-state index in [0.717, 1.165) is 10.6 Å². The van der Waals surface area contributed by atoms with Gasteiger partial charge < -0.3 is 18.9 Å². The Hall–Kier alpha value is -2.55. The minimum absolute atomic E-state index is 0.0786. The molecule has 1 aromatic heterocycles. The topological polar surface area (TPSA) is 87.1 Å². The lowest BCUT2D eigenvalue weighted by Crippen LogP contribution is -2.14. The van der Waals surface area contributed by atoms with Crippen LogP contribution in [-0.2, 0) is 0 Å². The Labute approximate surface area is 160 Å². The van der Waals surface area contributed by atoms with Crippen LogP contribution in [-0.4, -0.2) is 35.8 Å². The first-order valence-corrected chi connectivity index (χ1v) is 9.45. The van der Waals surface area contributed by atoms with Crippen LogP contribution in [0.25, 0.3) is 0 Å². The maximum Gasteiger partial charge on any atom is 0.271 e. The maximum atomic E-state index is 12.8. The van der Waals surface area contributed by atoms with E-state index < -0.39 is 0 Å². The molecule has 2 aliphatic heterocycles. The summed E-state index contributed by atoms with van der Waals surface area (Å²) in [5.74, 6) is 2.74. The van der Waals surface area contributed by atoms with Gasteiger partial charge in [0.05, 0.1) is 30.1 Å². The maximum absolute atomic E-state index is 12.8. The number of thioether (sulfide) groups is 1. The third-order valence-electron chi connectivity index (χ3n) is 4.56. The zero-order valence-electron chi connectivity index (χ0n) is 15.8. The van der Waals surface area contributed by atoms with Gasteiger partial charge in [0.15, 0.2) is 17.3 Å². The molecule has 2 aliphatic rings. The second-order valence-corrected chi connectivity index (χ2v) is 7.83. The Morgan fingerprint density at radius 2 is 2.04 bits per heavy atom. The van der Waals surface area contributed by atoms with Crippen molar-refractivity contribution in [2.24, 2.45) is 4.99 Å². The number of hydrogen-bond acceptors (Lipinski definition) is 7. The molecule has 0 bridgehead atoms. The van der Waals surface area contributed by atoms with E-state index >= 15 is 0 Å². The van der Waals surface area contributed by atoms with Gasteiger partial charge in [-0.1, -0.05) is 11.8 Å². The average Bonchev–Trinajstić information content (AvgIpc) is 3.24. The molecular formula is C18H21N3O5S. The molecular weight excluding hydrogens is 370 g/mol. The van der Waals surface area contributed by atoms with Gasteiger partial charge in [0, 0.05) is 11.6 Å². The van der Waals surface area contributed by atoms with E-state index in [4.69, 9.17) is 18.9 Å². The Bertz CT molecular complexity index is 992. The number of nitrogens with one attached hydrogen (secondary N) is 1. The zero-order valence-corrected chi connectivity index (χ0v) is 16.6. The fourth-order valence-corrected chi connectivity index (χ4v) is 4.51. The summed E-state index contributed by atoms with van der Waals surface area (Å²) in [6.45, 7) is 6.03. The van der Waals surface area contributed by atoms with Crippen molar-refractivity contribution in [2.45, 2.75) is 32.1 Å². The first kappa shape index (κ1) is 17.8. The Morgan fingerprint density at radius 3 is 2.70 bits per heavy atom. The van der Waals surface area contributed by atoms with Gasteiger partial charge >= 0.3 is 0 Å². The minimum Gasteiger partial charge on any atom is -0.493 e. The number of fused-ring (bicyclic) bond motifs is 2. The molecule has 1 aromatic carbocycles. The van der Waals surface area contributed by atoms with Crippen LogP contribution in [0.1, 0.15) is 43.2 Å². The normalized spacial score (nSPS) is 17.7. The molecule has 0 spiro atoms. The second-order valence-electron chi connectivity index (χ2n) is 6.54. The highest BCUT2D eigenvalue weighted by atomic mass is 32.2. The van der Waals surface area contributed by atoms with Crippen molar-refractivity contribution in [2.75, 3.05) is 21.0 Å². The summed E-state index contributed by atoms with van der Waals surface area (Å²) in [5, 5.41) is 3.46. The predicted molar refractivity (Wildman–Crippen MR) is 103 cm³/mol. The number of ether oxygens (including phenoxy) is 4. The first-order valence-electron chi connectivity index (χ1n) is 8.57. The lowest BCUT2D eigenvalue weighted by molar-refractivity contribution is 0.168. The highest BCUT2D eigenvalue weighted by Crippen LogP contribution is 2.55. The third kappa shape index (κ3) is 2.68. The highest BCUT2D eigenvalue weighted by molar-refractivity contribution is 8.14. The van der Waals surface area contributed by atoms with Crippen LogP contribution in [0, 0.1) is 0 Å². The monoisotopic (exact) mass is 391 g/mol. The van der Waals surface area contributed by atoms with Crippen molar-refractivity contribution in [1.29, 1.82) is 0 Å². The SMILES string of the molecule is COc1cc([C@@H]2SC(C)=Nc3c2c(=O)[nH]n3C(C)C)c(OC)c2c1OCO2. The molecule has 0 fully saturated rings. The van der Waals surface area contributed by atoms with Gasteiger partial charge in [-0.2, -0.15) is 0 Å². The van der Waals surface area contributed by atoms with E-state index in [2.05, 4.69) is 10.1 Å². The molecule has 4 rings (SSSR count). The van der Waals surface area contributed by atoms with Gasteiger partial charge in [0.2, 0.25) is 18.3 Å². The fourth-order valence-electron chi connectivity index (χ4n) is 3.39. The molecule has 0 saturated heterocycles. The molecule has 1 atom stereocenters. The number of benzene rings is 1. The molecule has 0 radical (unpaired) electrons. The van der Waals surface area contributed by atoms with Crippen molar-refractivity contribution in [3.05, 3.63) is 27.5 Å².